The van der Waals surface area contributed by atoms with Crippen LogP contribution in [-0.2, 0) is 0 Å². The van der Waals surface area contributed by atoms with Crippen molar-refractivity contribution < 1.29 is 9.18 Å². The molecule has 0 aliphatic carbocycles. The van der Waals surface area contributed by atoms with Crippen molar-refractivity contribution in [2.24, 2.45) is 5.92 Å². The van der Waals surface area contributed by atoms with E-state index in [0.717, 1.165) is 43.0 Å². The van der Waals surface area contributed by atoms with Crippen molar-refractivity contribution in [1.29, 1.82) is 0 Å². The van der Waals surface area contributed by atoms with Crippen molar-refractivity contribution >= 4 is 27.3 Å². The fourth-order valence-electron chi connectivity index (χ4n) is 3.25. The second-order valence-corrected chi connectivity index (χ2v) is 7.71. The molecule has 1 saturated heterocycles. The monoisotopic (exact) mass is 334 g/mol. The molecule has 1 aromatic heterocycles. The van der Waals surface area contributed by atoms with Crippen LogP contribution in [0.25, 0.3) is 10.1 Å². The van der Waals surface area contributed by atoms with Crippen LogP contribution in [-0.4, -0.2) is 48.4 Å². The van der Waals surface area contributed by atoms with Gasteiger partial charge in [0.15, 0.2) is 0 Å². The zero-order valence-electron chi connectivity index (χ0n) is 13.9. The van der Waals surface area contributed by atoms with E-state index in [0.29, 0.717) is 16.2 Å². The van der Waals surface area contributed by atoms with Gasteiger partial charge in [0, 0.05) is 42.8 Å². The SMILES string of the molecule is Cc1c(C(=O)N2CCN(CC(C)C)CC2)sc2cccc(F)c12. The molecule has 0 radical (unpaired) electrons. The van der Waals surface area contributed by atoms with Crippen LogP contribution >= 0.6 is 11.3 Å². The number of benzene rings is 1. The Bertz CT molecular complexity index is 717. The average molecular weight is 334 g/mol. The third-order valence-electron chi connectivity index (χ3n) is 4.38. The van der Waals surface area contributed by atoms with E-state index in [1.54, 1.807) is 6.07 Å². The molecule has 0 saturated carbocycles. The summed E-state index contributed by atoms with van der Waals surface area (Å²) in [4.78, 5) is 17.8. The van der Waals surface area contributed by atoms with Gasteiger partial charge in [-0.1, -0.05) is 19.9 Å². The molecule has 1 aliphatic heterocycles. The molecule has 3 rings (SSSR count). The molecule has 1 fully saturated rings. The number of hydrogen-bond acceptors (Lipinski definition) is 3. The molecule has 1 amide bonds. The van der Waals surface area contributed by atoms with Crippen LogP contribution in [0.2, 0.25) is 0 Å². The third-order valence-corrected chi connectivity index (χ3v) is 5.63. The Morgan fingerprint density at radius 3 is 2.57 bits per heavy atom. The van der Waals surface area contributed by atoms with Gasteiger partial charge in [0.2, 0.25) is 0 Å². The minimum absolute atomic E-state index is 0.0484. The zero-order valence-corrected chi connectivity index (χ0v) is 14.8. The number of aryl methyl sites for hydroxylation is 1. The summed E-state index contributed by atoms with van der Waals surface area (Å²) in [6.45, 7) is 10.7. The van der Waals surface area contributed by atoms with Crippen LogP contribution in [0.1, 0.15) is 29.1 Å². The predicted molar refractivity (Wildman–Crippen MR) is 93.7 cm³/mol. The molecule has 0 bridgehead atoms. The van der Waals surface area contributed by atoms with Crippen LogP contribution in [0.4, 0.5) is 4.39 Å². The van der Waals surface area contributed by atoms with Gasteiger partial charge in [-0.15, -0.1) is 11.3 Å². The minimum atomic E-state index is -0.239. The van der Waals surface area contributed by atoms with Gasteiger partial charge in [0.05, 0.1) is 4.88 Å². The normalized spacial score (nSPS) is 16.5. The molecular weight excluding hydrogens is 311 g/mol. The number of amides is 1. The Kier molecular flexibility index (Phi) is 4.69. The van der Waals surface area contributed by atoms with Crippen molar-refractivity contribution in [3.05, 3.63) is 34.5 Å². The summed E-state index contributed by atoms with van der Waals surface area (Å²) in [6.07, 6.45) is 0. The highest BCUT2D eigenvalue weighted by Crippen LogP contribution is 2.33. The van der Waals surface area contributed by atoms with Crippen LogP contribution < -0.4 is 0 Å². The number of carbonyl (C=O) groups excluding carboxylic acids is 1. The lowest BCUT2D eigenvalue weighted by Gasteiger charge is -2.35. The summed E-state index contributed by atoms with van der Waals surface area (Å²) in [7, 11) is 0. The maximum atomic E-state index is 14.0. The summed E-state index contributed by atoms with van der Waals surface area (Å²) in [5, 5.41) is 0.597. The number of hydrogen-bond donors (Lipinski definition) is 0. The number of nitrogens with zero attached hydrogens (tertiary/aromatic N) is 2. The Balaban J connectivity index is 1.77. The van der Waals surface area contributed by atoms with Crippen LogP contribution in [0.3, 0.4) is 0 Å². The van der Waals surface area contributed by atoms with Crippen molar-refractivity contribution in [3.8, 4) is 0 Å². The first-order valence-corrected chi connectivity index (χ1v) is 8.98. The van der Waals surface area contributed by atoms with E-state index in [1.165, 1.54) is 17.4 Å². The largest absolute Gasteiger partial charge is 0.335 e. The zero-order chi connectivity index (χ0) is 16.6. The second-order valence-electron chi connectivity index (χ2n) is 6.66. The lowest BCUT2D eigenvalue weighted by Crippen LogP contribution is -2.49. The topological polar surface area (TPSA) is 23.6 Å². The molecule has 2 aromatic rings. The molecule has 2 heterocycles. The Labute approximate surface area is 140 Å². The van der Waals surface area contributed by atoms with Crippen molar-refractivity contribution in [1.82, 2.24) is 9.80 Å². The molecule has 124 valence electrons. The van der Waals surface area contributed by atoms with Gasteiger partial charge in [0.1, 0.15) is 5.82 Å². The average Bonchev–Trinajstić information content (AvgIpc) is 2.85. The number of piperazine rings is 1. The first kappa shape index (κ1) is 16.4. The Hall–Kier alpha value is -1.46. The molecule has 0 unspecified atom stereocenters. The highest BCUT2D eigenvalue weighted by Gasteiger charge is 2.26. The number of thiophene rings is 1. The molecular formula is C18H23FN2OS. The van der Waals surface area contributed by atoms with Crippen LogP contribution in [0.15, 0.2) is 18.2 Å². The number of fused-ring (bicyclic) bond motifs is 1. The van der Waals surface area contributed by atoms with Gasteiger partial charge >= 0.3 is 0 Å². The number of carbonyl (C=O) groups is 1. The van der Waals surface area contributed by atoms with Gasteiger partial charge in [-0.25, -0.2) is 4.39 Å². The van der Waals surface area contributed by atoms with E-state index in [2.05, 4.69) is 18.7 Å². The van der Waals surface area contributed by atoms with Crippen LogP contribution in [0.5, 0.6) is 0 Å². The maximum Gasteiger partial charge on any atom is 0.264 e. The van der Waals surface area contributed by atoms with E-state index in [9.17, 15) is 9.18 Å². The standard InChI is InChI=1S/C18H23FN2OS/c1-12(2)11-20-7-9-21(10-8-20)18(22)17-13(3)16-14(19)5-4-6-15(16)23-17/h4-6,12H,7-11H2,1-3H3. The summed E-state index contributed by atoms with van der Waals surface area (Å²) in [5.41, 5.74) is 0.776. The molecule has 1 aromatic carbocycles. The molecule has 0 N–H and O–H groups in total. The fourth-order valence-corrected chi connectivity index (χ4v) is 4.44. The summed E-state index contributed by atoms with van der Waals surface area (Å²) in [5.74, 6) is 0.453. The van der Waals surface area contributed by atoms with Gasteiger partial charge in [-0.05, 0) is 30.5 Å². The molecule has 23 heavy (non-hydrogen) atoms. The highest BCUT2D eigenvalue weighted by molar-refractivity contribution is 7.21. The van der Waals surface area contributed by atoms with Crippen LogP contribution in [0, 0.1) is 18.7 Å². The van der Waals surface area contributed by atoms with Crippen molar-refractivity contribution in [2.75, 3.05) is 32.7 Å². The number of halogens is 1. The molecule has 0 atom stereocenters. The summed E-state index contributed by atoms with van der Waals surface area (Å²) in [6, 6.07) is 5.04. The number of rotatable bonds is 3. The molecule has 3 nitrogen and oxygen atoms in total. The molecule has 0 spiro atoms. The van der Waals surface area contributed by atoms with Gasteiger partial charge in [-0.3, -0.25) is 9.69 Å². The van der Waals surface area contributed by atoms with Crippen molar-refractivity contribution in [2.45, 2.75) is 20.8 Å². The first-order valence-electron chi connectivity index (χ1n) is 8.16. The smallest absolute Gasteiger partial charge is 0.264 e. The van der Waals surface area contributed by atoms with E-state index in [-0.39, 0.29) is 11.7 Å². The van der Waals surface area contributed by atoms with E-state index in [1.807, 2.05) is 17.9 Å². The van der Waals surface area contributed by atoms with Gasteiger partial charge < -0.3 is 4.90 Å². The molecule has 5 heteroatoms. The fraction of sp³-hybridized carbons (Fsp3) is 0.500. The first-order chi connectivity index (χ1) is 11.0. The van der Waals surface area contributed by atoms with E-state index >= 15 is 0 Å². The lowest BCUT2D eigenvalue weighted by atomic mass is 10.1. The van der Waals surface area contributed by atoms with E-state index in [4.69, 9.17) is 0 Å². The van der Waals surface area contributed by atoms with Gasteiger partial charge in [0.25, 0.3) is 5.91 Å². The highest BCUT2D eigenvalue weighted by atomic mass is 32.1. The summed E-state index contributed by atoms with van der Waals surface area (Å²) < 4.78 is 14.9. The van der Waals surface area contributed by atoms with Gasteiger partial charge in [-0.2, -0.15) is 0 Å². The predicted octanol–water partition coefficient (Wildman–Crippen LogP) is 3.76. The molecule has 1 aliphatic rings. The van der Waals surface area contributed by atoms with Crippen molar-refractivity contribution in [3.63, 3.8) is 0 Å². The van der Waals surface area contributed by atoms with E-state index < -0.39 is 0 Å². The summed E-state index contributed by atoms with van der Waals surface area (Å²) >= 11 is 1.41. The lowest BCUT2D eigenvalue weighted by molar-refractivity contribution is 0.0628. The minimum Gasteiger partial charge on any atom is -0.335 e. The second kappa shape index (κ2) is 6.57. The Morgan fingerprint density at radius 2 is 1.96 bits per heavy atom. The third kappa shape index (κ3) is 3.26. The Morgan fingerprint density at radius 1 is 1.26 bits per heavy atom. The quantitative estimate of drug-likeness (QED) is 0.853. The maximum absolute atomic E-state index is 14.0.